The van der Waals surface area contributed by atoms with Gasteiger partial charge in [-0.1, -0.05) is 164 Å². The molecule has 0 heterocycles. The Hall–Kier alpha value is -6.96. The summed E-state index contributed by atoms with van der Waals surface area (Å²) in [5.41, 5.74) is 10.5. The highest BCUT2D eigenvalue weighted by molar-refractivity contribution is 6.20. The van der Waals surface area contributed by atoms with Crippen molar-refractivity contribution in [2.45, 2.75) is 0 Å². The van der Waals surface area contributed by atoms with E-state index in [2.05, 4.69) is 217 Å². The predicted molar refractivity (Wildman–Crippen MR) is 227 cm³/mol. The summed E-state index contributed by atoms with van der Waals surface area (Å²) in [6, 6.07) is 77.3. The lowest BCUT2D eigenvalue weighted by molar-refractivity contribution is 1.28. The average Bonchev–Trinajstić information content (AvgIpc) is 3.24. The van der Waals surface area contributed by atoms with E-state index in [1.54, 1.807) is 0 Å². The zero-order valence-corrected chi connectivity index (χ0v) is 29.2. The number of para-hydroxylation sites is 1. The van der Waals surface area contributed by atoms with Gasteiger partial charge in [0, 0.05) is 17.1 Å². The number of rotatable bonds is 6. The molecule has 0 N–H and O–H groups in total. The number of hydrogen-bond acceptors (Lipinski definition) is 1. The monoisotopic (exact) mass is 673 g/mol. The molecule has 0 aliphatic heterocycles. The van der Waals surface area contributed by atoms with Crippen LogP contribution in [0.3, 0.4) is 0 Å². The lowest BCUT2D eigenvalue weighted by Crippen LogP contribution is -2.10. The first-order valence-corrected chi connectivity index (χ1v) is 18.3. The summed E-state index contributed by atoms with van der Waals surface area (Å²) in [6.45, 7) is 0. The van der Waals surface area contributed by atoms with Crippen LogP contribution in [0.1, 0.15) is 0 Å². The van der Waals surface area contributed by atoms with Crippen LogP contribution in [0.4, 0.5) is 17.1 Å². The van der Waals surface area contributed by atoms with Crippen LogP contribution in [0.2, 0.25) is 0 Å². The van der Waals surface area contributed by atoms with Crippen molar-refractivity contribution in [1.82, 2.24) is 0 Å². The second-order valence-corrected chi connectivity index (χ2v) is 13.8. The molecule has 0 aliphatic carbocycles. The van der Waals surface area contributed by atoms with Gasteiger partial charge >= 0.3 is 0 Å². The zero-order valence-electron chi connectivity index (χ0n) is 29.2. The molecule has 1 heteroatoms. The molecule has 10 aromatic rings. The molecule has 10 aromatic carbocycles. The van der Waals surface area contributed by atoms with Crippen LogP contribution in [-0.2, 0) is 0 Å². The van der Waals surface area contributed by atoms with Crippen LogP contribution in [0.25, 0.3) is 76.5 Å². The lowest BCUT2D eigenvalue weighted by Gasteiger charge is -2.27. The molecule has 0 atom stereocenters. The normalized spacial score (nSPS) is 11.4. The minimum absolute atomic E-state index is 1.10. The van der Waals surface area contributed by atoms with Gasteiger partial charge in [-0.05, 0) is 125 Å². The molecule has 0 spiro atoms. The lowest BCUT2D eigenvalue weighted by atomic mass is 9.92. The molecule has 0 aromatic heterocycles. The smallest absolute Gasteiger partial charge is 0.0473 e. The third-order valence-electron chi connectivity index (χ3n) is 10.6. The minimum atomic E-state index is 1.10. The maximum absolute atomic E-state index is 2.39. The van der Waals surface area contributed by atoms with E-state index in [-0.39, 0.29) is 0 Å². The molecule has 0 radical (unpaired) electrons. The van der Waals surface area contributed by atoms with Crippen LogP contribution >= 0.6 is 0 Å². The van der Waals surface area contributed by atoms with Crippen molar-refractivity contribution in [3.63, 3.8) is 0 Å². The molecule has 0 aliphatic rings. The topological polar surface area (TPSA) is 3.24 Å². The standard InChI is InChI=1S/C52H35N/c1-3-12-36(13-4-1)43-32-44(42-27-24-40-23-26-41-25-22-38-15-8-10-20-50(38)52(41)51(40)35-42)34-47(33-43)53(45-17-5-2-6-18-45)46-30-28-39(29-31-46)49-21-11-16-37-14-7-9-19-48(37)49/h1-35H. The predicted octanol–water partition coefficient (Wildman–Crippen LogP) is 14.8. The van der Waals surface area contributed by atoms with E-state index in [0.29, 0.717) is 0 Å². The average molecular weight is 674 g/mol. The van der Waals surface area contributed by atoms with Crippen LogP contribution in [0, 0.1) is 0 Å². The number of hydrogen-bond donors (Lipinski definition) is 0. The number of benzene rings is 10. The fourth-order valence-corrected chi connectivity index (χ4v) is 8.00. The Bertz CT molecular complexity index is 2920. The Morgan fingerprint density at radius 2 is 0.774 bits per heavy atom. The molecule has 0 saturated heterocycles. The molecule has 10 rings (SSSR count). The Morgan fingerprint density at radius 1 is 0.245 bits per heavy atom. The minimum Gasteiger partial charge on any atom is -0.310 e. The SMILES string of the molecule is c1ccc(-c2cc(-c3ccc4ccc5ccc6ccccc6c5c4c3)cc(N(c3ccccc3)c3ccc(-c4cccc5ccccc45)cc3)c2)cc1. The van der Waals surface area contributed by atoms with Crippen LogP contribution < -0.4 is 4.90 Å². The summed E-state index contributed by atoms with van der Waals surface area (Å²) in [5.74, 6) is 0. The van der Waals surface area contributed by atoms with Crippen molar-refractivity contribution in [3.05, 3.63) is 212 Å². The van der Waals surface area contributed by atoms with Crippen LogP contribution in [0.15, 0.2) is 212 Å². The number of fused-ring (bicyclic) bond motifs is 6. The van der Waals surface area contributed by atoms with E-state index >= 15 is 0 Å². The van der Waals surface area contributed by atoms with Crippen molar-refractivity contribution in [2.75, 3.05) is 4.90 Å². The van der Waals surface area contributed by atoms with E-state index in [1.165, 1.54) is 76.5 Å². The Morgan fingerprint density at radius 3 is 1.53 bits per heavy atom. The van der Waals surface area contributed by atoms with E-state index < -0.39 is 0 Å². The summed E-state index contributed by atoms with van der Waals surface area (Å²) >= 11 is 0. The first-order valence-electron chi connectivity index (χ1n) is 18.3. The fraction of sp³-hybridized carbons (Fsp3) is 0. The highest BCUT2D eigenvalue weighted by atomic mass is 15.1. The first kappa shape index (κ1) is 30.8. The maximum atomic E-state index is 2.39. The Labute approximate surface area is 309 Å². The van der Waals surface area contributed by atoms with Gasteiger partial charge in [0.2, 0.25) is 0 Å². The summed E-state index contributed by atoms with van der Waals surface area (Å²) in [4.78, 5) is 2.38. The van der Waals surface area contributed by atoms with Crippen molar-refractivity contribution >= 4 is 60.2 Å². The molecule has 0 fully saturated rings. The second kappa shape index (κ2) is 13.0. The molecule has 53 heavy (non-hydrogen) atoms. The second-order valence-electron chi connectivity index (χ2n) is 13.8. The van der Waals surface area contributed by atoms with E-state index in [4.69, 9.17) is 0 Å². The van der Waals surface area contributed by atoms with Gasteiger partial charge < -0.3 is 4.90 Å². The molecule has 248 valence electrons. The Kier molecular flexibility index (Phi) is 7.55. The summed E-state index contributed by atoms with van der Waals surface area (Å²) in [7, 11) is 0. The van der Waals surface area contributed by atoms with Gasteiger partial charge in [-0.15, -0.1) is 0 Å². The third-order valence-corrected chi connectivity index (χ3v) is 10.6. The first-order chi connectivity index (χ1) is 26.3. The molecule has 0 amide bonds. The van der Waals surface area contributed by atoms with Gasteiger partial charge in [0.05, 0.1) is 0 Å². The van der Waals surface area contributed by atoms with Gasteiger partial charge in [0.1, 0.15) is 0 Å². The van der Waals surface area contributed by atoms with Crippen molar-refractivity contribution in [2.24, 2.45) is 0 Å². The summed E-state index contributed by atoms with van der Waals surface area (Å²) < 4.78 is 0. The van der Waals surface area contributed by atoms with E-state index in [1.807, 2.05) is 0 Å². The molecule has 0 bridgehead atoms. The number of nitrogens with zero attached hydrogens (tertiary/aromatic N) is 1. The molecule has 0 unspecified atom stereocenters. The van der Waals surface area contributed by atoms with Gasteiger partial charge in [0.25, 0.3) is 0 Å². The quantitative estimate of drug-likeness (QED) is 0.159. The highest BCUT2D eigenvalue weighted by Crippen LogP contribution is 2.42. The van der Waals surface area contributed by atoms with Gasteiger partial charge in [-0.3, -0.25) is 0 Å². The van der Waals surface area contributed by atoms with E-state index in [0.717, 1.165) is 17.1 Å². The molecule has 0 saturated carbocycles. The van der Waals surface area contributed by atoms with Crippen LogP contribution in [-0.4, -0.2) is 0 Å². The maximum Gasteiger partial charge on any atom is 0.0473 e. The van der Waals surface area contributed by atoms with Gasteiger partial charge in [-0.25, -0.2) is 0 Å². The Balaban J connectivity index is 1.16. The summed E-state index contributed by atoms with van der Waals surface area (Å²) in [6.07, 6.45) is 0. The molecular weight excluding hydrogens is 639 g/mol. The van der Waals surface area contributed by atoms with Crippen LogP contribution in [0.5, 0.6) is 0 Å². The van der Waals surface area contributed by atoms with E-state index in [9.17, 15) is 0 Å². The van der Waals surface area contributed by atoms with Gasteiger partial charge in [-0.2, -0.15) is 0 Å². The highest BCUT2D eigenvalue weighted by Gasteiger charge is 2.17. The molecular formula is C52H35N. The zero-order chi connectivity index (χ0) is 35.1. The van der Waals surface area contributed by atoms with Crippen molar-refractivity contribution in [1.29, 1.82) is 0 Å². The largest absolute Gasteiger partial charge is 0.310 e. The fourth-order valence-electron chi connectivity index (χ4n) is 8.00. The van der Waals surface area contributed by atoms with Crippen molar-refractivity contribution in [3.8, 4) is 33.4 Å². The third kappa shape index (κ3) is 5.60. The number of anilines is 3. The summed E-state index contributed by atoms with van der Waals surface area (Å²) in [5, 5.41) is 10.1. The van der Waals surface area contributed by atoms with Crippen molar-refractivity contribution < 1.29 is 0 Å². The van der Waals surface area contributed by atoms with Gasteiger partial charge in [0.15, 0.2) is 0 Å². The molecule has 1 nitrogen and oxygen atoms in total.